The molecule has 4 N–H and O–H groups in total. The number of esters is 1. The summed E-state index contributed by atoms with van der Waals surface area (Å²) in [6.07, 6.45) is 4.73. The summed E-state index contributed by atoms with van der Waals surface area (Å²) in [6.45, 7) is 0.131. The summed E-state index contributed by atoms with van der Waals surface area (Å²) in [6, 6.07) is 7.57. The van der Waals surface area contributed by atoms with E-state index >= 15 is 0 Å². The van der Waals surface area contributed by atoms with Crippen molar-refractivity contribution in [1.29, 1.82) is 0 Å². The molecule has 2 aromatic heterocycles. The summed E-state index contributed by atoms with van der Waals surface area (Å²) in [5.74, 6) is -2.46. The third-order valence-corrected chi connectivity index (χ3v) is 8.29. The van der Waals surface area contributed by atoms with E-state index in [9.17, 15) is 23.6 Å². The maximum Gasteiger partial charge on any atom is 0.311 e. The number of fused-ring (bicyclic) bond motifs is 4. The van der Waals surface area contributed by atoms with Gasteiger partial charge >= 0.3 is 5.97 Å². The van der Waals surface area contributed by atoms with Gasteiger partial charge in [0, 0.05) is 18.7 Å². The van der Waals surface area contributed by atoms with Crippen LogP contribution in [0.2, 0.25) is 0 Å². The number of rotatable bonds is 8. The maximum atomic E-state index is 13.5. The fourth-order valence-corrected chi connectivity index (χ4v) is 5.97. The second-order valence-corrected chi connectivity index (χ2v) is 10.4. The van der Waals surface area contributed by atoms with Crippen molar-refractivity contribution in [3.8, 4) is 0 Å². The Hall–Kier alpha value is -4.35. The predicted octanol–water partition coefficient (Wildman–Crippen LogP) is 1.90. The predicted molar refractivity (Wildman–Crippen MR) is 136 cm³/mol. The number of nitrogens with one attached hydrogen (secondary N) is 2. The molecule has 0 aliphatic heterocycles. The number of hydrogen-bond acceptors (Lipinski definition) is 7. The second-order valence-electron chi connectivity index (χ2n) is 10.4. The Kier molecular flexibility index (Phi) is 6.79. The number of halogens is 1. The third kappa shape index (κ3) is 4.82. The largest absolute Gasteiger partial charge is 0.469 e. The average Bonchev–Trinajstić information content (AvgIpc) is 3.44. The topological polar surface area (TPSA) is 158 Å². The lowest BCUT2D eigenvalue weighted by Gasteiger charge is -2.54. The molecule has 204 valence electrons. The minimum Gasteiger partial charge on any atom is -0.469 e. The number of hydrogen-bond donors (Lipinski definition) is 3. The average molecular weight is 537 g/mol. The van der Waals surface area contributed by atoms with Gasteiger partial charge in [-0.25, -0.2) is 13.9 Å². The molecule has 0 radical (unpaired) electrons. The standard InChI is InChI=1S/C27H29FN6O5/c1-39-25(38)27-10-7-26(8-11-27,9-12-27)21(22(29)35)33-24(37)19-14-18(32-20-6-13-31-34(19)20)23(36)30-15-16-2-4-17(28)5-3-16/h2-6,13-14,21H,7-12,15H2,1H3,(H2,29,35)(H,30,36)(H,33,37). The SMILES string of the molecule is COC(=O)C12CCC(C(NC(=O)c3cc(C(=O)NCc4ccc(F)cc4)nc4ccnn34)C(N)=O)(CC1)CC2. The van der Waals surface area contributed by atoms with E-state index in [1.807, 2.05) is 0 Å². The highest BCUT2D eigenvalue weighted by atomic mass is 19.1. The molecule has 3 saturated carbocycles. The van der Waals surface area contributed by atoms with E-state index in [2.05, 4.69) is 20.7 Å². The molecule has 1 atom stereocenters. The number of benzene rings is 1. The Morgan fingerprint density at radius 3 is 2.33 bits per heavy atom. The van der Waals surface area contributed by atoms with Crippen LogP contribution in [0.5, 0.6) is 0 Å². The molecular formula is C27H29FN6O5. The molecule has 11 nitrogen and oxygen atoms in total. The number of aromatic nitrogens is 3. The van der Waals surface area contributed by atoms with Crippen molar-refractivity contribution in [3.05, 3.63) is 65.4 Å². The van der Waals surface area contributed by atoms with E-state index in [0.29, 0.717) is 44.1 Å². The lowest BCUT2D eigenvalue weighted by Crippen LogP contribution is -2.60. The van der Waals surface area contributed by atoms with Gasteiger partial charge in [0.1, 0.15) is 23.2 Å². The fraction of sp³-hybridized carbons (Fsp3) is 0.407. The Bertz CT molecular complexity index is 1430. The molecule has 6 rings (SSSR count). The van der Waals surface area contributed by atoms with E-state index in [-0.39, 0.29) is 35.4 Å². The number of ether oxygens (including phenoxy) is 1. The highest BCUT2D eigenvalue weighted by Gasteiger charge is 2.57. The van der Waals surface area contributed by atoms with Crippen LogP contribution in [0.1, 0.15) is 65.1 Å². The molecule has 0 spiro atoms. The molecule has 3 amide bonds. The Morgan fingerprint density at radius 2 is 1.72 bits per heavy atom. The van der Waals surface area contributed by atoms with Crippen molar-refractivity contribution in [2.75, 3.05) is 7.11 Å². The first kappa shape index (κ1) is 26.3. The number of methoxy groups -OCH3 is 1. The van der Waals surface area contributed by atoms with Gasteiger partial charge in [-0.15, -0.1) is 0 Å². The molecule has 1 aromatic carbocycles. The van der Waals surface area contributed by atoms with E-state index in [0.717, 1.165) is 0 Å². The minimum atomic E-state index is -0.976. The van der Waals surface area contributed by atoms with Gasteiger partial charge in [0.05, 0.1) is 18.7 Å². The van der Waals surface area contributed by atoms with Gasteiger partial charge < -0.3 is 21.1 Å². The third-order valence-electron chi connectivity index (χ3n) is 8.29. The van der Waals surface area contributed by atoms with Crippen molar-refractivity contribution in [2.24, 2.45) is 16.6 Å². The van der Waals surface area contributed by atoms with Crippen molar-refractivity contribution in [2.45, 2.75) is 51.1 Å². The molecule has 1 unspecified atom stereocenters. The molecule has 3 aromatic rings. The van der Waals surface area contributed by atoms with Crippen LogP contribution < -0.4 is 16.4 Å². The van der Waals surface area contributed by atoms with Gasteiger partial charge in [-0.1, -0.05) is 12.1 Å². The van der Waals surface area contributed by atoms with Crippen LogP contribution in [0.3, 0.4) is 0 Å². The zero-order chi connectivity index (χ0) is 27.8. The first-order valence-corrected chi connectivity index (χ1v) is 12.7. The zero-order valence-electron chi connectivity index (χ0n) is 21.4. The van der Waals surface area contributed by atoms with Crippen LogP contribution in [-0.4, -0.2) is 51.4 Å². The minimum absolute atomic E-state index is 0.00936. The molecule has 3 aliphatic rings. The summed E-state index contributed by atoms with van der Waals surface area (Å²) in [7, 11) is 1.38. The first-order chi connectivity index (χ1) is 18.7. The van der Waals surface area contributed by atoms with Gasteiger partial charge in [-0.2, -0.15) is 5.10 Å². The number of carbonyl (C=O) groups excluding carboxylic acids is 4. The molecule has 12 heteroatoms. The number of nitrogens with zero attached hydrogens (tertiary/aromatic N) is 3. The summed E-state index contributed by atoms with van der Waals surface area (Å²) >= 11 is 0. The monoisotopic (exact) mass is 536 g/mol. The van der Waals surface area contributed by atoms with E-state index < -0.39 is 34.6 Å². The van der Waals surface area contributed by atoms with Crippen LogP contribution >= 0.6 is 0 Å². The van der Waals surface area contributed by atoms with Crippen LogP contribution in [0.4, 0.5) is 4.39 Å². The van der Waals surface area contributed by atoms with Crippen molar-refractivity contribution in [1.82, 2.24) is 25.2 Å². The van der Waals surface area contributed by atoms with Crippen LogP contribution in [-0.2, 0) is 20.9 Å². The summed E-state index contributed by atoms with van der Waals surface area (Å²) in [4.78, 5) is 55.8. The molecular weight excluding hydrogens is 507 g/mol. The smallest absolute Gasteiger partial charge is 0.311 e. The Labute approximate surface area is 223 Å². The molecule has 3 aliphatic carbocycles. The highest BCUT2D eigenvalue weighted by molar-refractivity contribution is 6.00. The number of amides is 3. The van der Waals surface area contributed by atoms with Gasteiger partial charge in [-0.3, -0.25) is 19.2 Å². The summed E-state index contributed by atoms with van der Waals surface area (Å²) in [5.41, 5.74) is 5.60. The lowest BCUT2D eigenvalue weighted by atomic mass is 9.51. The fourth-order valence-electron chi connectivity index (χ4n) is 5.97. The Balaban J connectivity index is 1.36. The van der Waals surface area contributed by atoms with E-state index in [1.54, 1.807) is 18.2 Å². The molecule has 3 fully saturated rings. The van der Waals surface area contributed by atoms with Crippen molar-refractivity contribution in [3.63, 3.8) is 0 Å². The molecule has 2 heterocycles. The van der Waals surface area contributed by atoms with Gasteiger partial charge in [-0.05, 0) is 61.6 Å². The van der Waals surface area contributed by atoms with Crippen LogP contribution in [0.25, 0.3) is 5.65 Å². The van der Waals surface area contributed by atoms with E-state index in [1.165, 1.54) is 36.0 Å². The number of primary amides is 1. The first-order valence-electron chi connectivity index (χ1n) is 12.7. The van der Waals surface area contributed by atoms with Crippen molar-refractivity contribution < 1.29 is 28.3 Å². The van der Waals surface area contributed by atoms with Gasteiger partial charge in [0.15, 0.2) is 5.65 Å². The number of nitrogens with two attached hydrogens (primary N) is 1. The lowest BCUT2D eigenvalue weighted by molar-refractivity contribution is -0.164. The van der Waals surface area contributed by atoms with E-state index in [4.69, 9.17) is 10.5 Å². The molecule has 0 saturated heterocycles. The maximum absolute atomic E-state index is 13.5. The van der Waals surface area contributed by atoms with Gasteiger partial charge in [0.25, 0.3) is 11.8 Å². The summed E-state index contributed by atoms with van der Waals surface area (Å²) < 4.78 is 19.5. The van der Waals surface area contributed by atoms with Crippen LogP contribution in [0.15, 0.2) is 42.6 Å². The van der Waals surface area contributed by atoms with Crippen LogP contribution in [0, 0.1) is 16.6 Å². The number of carbonyl (C=O) groups is 4. The summed E-state index contributed by atoms with van der Waals surface area (Å²) in [5, 5.41) is 9.66. The normalized spacial score (nSPS) is 22.7. The van der Waals surface area contributed by atoms with Crippen molar-refractivity contribution >= 4 is 29.3 Å². The van der Waals surface area contributed by atoms with Gasteiger partial charge in [0.2, 0.25) is 5.91 Å². The highest BCUT2D eigenvalue weighted by Crippen LogP contribution is 2.58. The molecule has 2 bridgehead atoms. The Morgan fingerprint density at radius 1 is 1.05 bits per heavy atom. The molecule has 39 heavy (non-hydrogen) atoms. The zero-order valence-corrected chi connectivity index (χ0v) is 21.4. The quantitative estimate of drug-likeness (QED) is 0.371. The second kappa shape index (κ2) is 10.1.